The molecular formula is C29H30FN3O3S. The third-order valence-corrected chi connectivity index (χ3v) is 6.96. The number of anilines is 1. The van der Waals surface area contributed by atoms with E-state index in [-0.39, 0.29) is 24.1 Å². The molecule has 0 radical (unpaired) electrons. The molecule has 1 unspecified atom stereocenters. The van der Waals surface area contributed by atoms with Crippen molar-refractivity contribution >= 4 is 40.1 Å². The first-order valence-electron chi connectivity index (χ1n) is 12.4. The first-order chi connectivity index (χ1) is 18.0. The van der Waals surface area contributed by atoms with E-state index in [4.69, 9.17) is 4.74 Å². The Morgan fingerprint density at radius 2 is 1.81 bits per heavy atom. The van der Waals surface area contributed by atoms with E-state index in [0.717, 1.165) is 25.0 Å². The summed E-state index contributed by atoms with van der Waals surface area (Å²) in [7, 11) is 0. The van der Waals surface area contributed by atoms with Crippen molar-refractivity contribution in [3.05, 3.63) is 90.2 Å². The van der Waals surface area contributed by atoms with Crippen LogP contribution in [0.15, 0.2) is 83.9 Å². The summed E-state index contributed by atoms with van der Waals surface area (Å²) in [6.45, 7) is 3.15. The Morgan fingerprint density at radius 3 is 2.51 bits per heavy atom. The highest BCUT2D eigenvalue weighted by Crippen LogP contribution is 2.30. The second kappa shape index (κ2) is 13.1. The van der Waals surface area contributed by atoms with Crippen LogP contribution < -0.4 is 10.1 Å². The maximum atomic E-state index is 13.4. The molecule has 8 heteroatoms. The number of nitrogens with zero attached hydrogens (tertiary/aromatic N) is 2. The van der Waals surface area contributed by atoms with Crippen LogP contribution >= 0.6 is 11.8 Å². The minimum absolute atomic E-state index is 0.0714. The zero-order valence-corrected chi connectivity index (χ0v) is 21.5. The van der Waals surface area contributed by atoms with E-state index in [9.17, 15) is 14.0 Å². The number of ether oxygens (including phenoxy) is 1. The van der Waals surface area contributed by atoms with Crippen molar-refractivity contribution in [3.8, 4) is 5.75 Å². The number of thioether (sulfide) groups is 1. The second-order valence-corrected chi connectivity index (χ2v) is 9.85. The largest absolute Gasteiger partial charge is 0.494 e. The number of nitrogens with one attached hydrogen (secondary N) is 1. The Bertz CT molecular complexity index is 1220. The number of amidine groups is 1. The van der Waals surface area contributed by atoms with Gasteiger partial charge >= 0.3 is 0 Å². The van der Waals surface area contributed by atoms with E-state index >= 15 is 0 Å². The fraction of sp³-hybridized carbons (Fsp3) is 0.276. The number of aryl methyl sites for hydroxylation is 1. The van der Waals surface area contributed by atoms with Crippen molar-refractivity contribution in [3.63, 3.8) is 0 Å². The van der Waals surface area contributed by atoms with Crippen LogP contribution in [-0.2, 0) is 16.0 Å². The predicted molar refractivity (Wildman–Crippen MR) is 147 cm³/mol. The fourth-order valence-electron chi connectivity index (χ4n) is 3.85. The number of carbonyl (C=O) groups excluding carboxylic acids is 2. The lowest BCUT2D eigenvalue weighted by Gasteiger charge is -2.32. The quantitative estimate of drug-likeness (QED) is 0.346. The van der Waals surface area contributed by atoms with Gasteiger partial charge in [0.2, 0.25) is 11.8 Å². The highest BCUT2D eigenvalue weighted by Gasteiger charge is 2.35. The van der Waals surface area contributed by atoms with Gasteiger partial charge in [0.25, 0.3) is 0 Å². The van der Waals surface area contributed by atoms with Gasteiger partial charge in [0.1, 0.15) is 16.8 Å². The molecule has 0 aliphatic carbocycles. The molecule has 1 atom stereocenters. The molecule has 2 amide bonds. The minimum atomic E-state index is -0.631. The molecule has 3 aromatic rings. The molecule has 0 saturated carbocycles. The number of amides is 2. The normalized spacial score (nSPS) is 16.6. The molecular weight excluding hydrogens is 489 g/mol. The summed E-state index contributed by atoms with van der Waals surface area (Å²) >= 11 is 1.25. The second-order valence-electron chi connectivity index (χ2n) is 8.68. The van der Waals surface area contributed by atoms with Gasteiger partial charge in [0.15, 0.2) is 5.17 Å². The molecule has 1 saturated heterocycles. The van der Waals surface area contributed by atoms with Crippen molar-refractivity contribution < 1.29 is 18.7 Å². The lowest BCUT2D eigenvalue weighted by molar-refractivity contribution is -0.129. The van der Waals surface area contributed by atoms with Crippen LogP contribution in [0.5, 0.6) is 5.75 Å². The maximum absolute atomic E-state index is 13.4. The van der Waals surface area contributed by atoms with Crippen molar-refractivity contribution in [2.75, 3.05) is 18.5 Å². The van der Waals surface area contributed by atoms with E-state index in [1.807, 2.05) is 25.1 Å². The molecule has 6 nitrogen and oxygen atoms in total. The number of carbonyl (C=O) groups is 2. The molecule has 1 aliphatic rings. The highest BCUT2D eigenvalue weighted by molar-refractivity contribution is 8.15. The van der Waals surface area contributed by atoms with E-state index < -0.39 is 5.25 Å². The van der Waals surface area contributed by atoms with Gasteiger partial charge in [-0.2, -0.15) is 0 Å². The van der Waals surface area contributed by atoms with Crippen molar-refractivity contribution in [2.24, 2.45) is 4.99 Å². The lowest BCUT2D eigenvalue weighted by atomic mass is 10.1. The number of rotatable bonds is 10. The number of hydrogen-bond donors (Lipinski definition) is 1. The molecule has 3 aromatic carbocycles. The Labute approximate surface area is 220 Å². The zero-order valence-electron chi connectivity index (χ0n) is 20.7. The molecule has 1 fully saturated rings. The molecule has 4 rings (SSSR count). The fourth-order valence-corrected chi connectivity index (χ4v) is 4.98. The Morgan fingerprint density at radius 1 is 1.08 bits per heavy atom. The molecule has 192 valence electrons. The van der Waals surface area contributed by atoms with Gasteiger partial charge in [-0.1, -0.05) is 49.0 Å². The SMILES string of the molecule is CCCOc1ccc(NC(=O)C2CC(=O)N(CCCc3ccccc3)C(=Nc3ccc(F)cc3)S2)cc1. The van der Waals surface area contributed by atoms with Gasteiger partial charge in [-0.05, 0) is 73.4 Å². The first-order valence-corrected chi connectivity index (χ1v) is 13.3. The third-order valence-electron chi connectivity index (χ3n) is 5.77. The average molecular weight is 520 g/mol. The molecule has 37 heavy (non-hydrogen) atoms. The number of halogens is 1. The molecule has 0 spiro atoms. The molecule has 1 N–H and O–H groups in total. The van der Waals surface area contributed by atoms with Crippen molar-refractivity contribution in [2.45, 2.75) is 37.9 Å². The van der Waals surface area contributed by atoms with E-state index in [2.05, 4.69) is 22.4 Å². The van der Waals surface area contributed by atoms with Crippen molar-refractivity contribution in [1.29, 1.82) is 0 Å². The standard InChI is InChI=1S/C29H30FN3O3S/c1-2-19-36-25-16-14-23(15-17-25)31-28(35)26-20-27(34)33(18-6-9-21-7-4-3-5-8-21)29(37-26)32-24-12-10-22(30)11-13-24/h3-5,7-8,10-17,26H,2,6,9,18-20H2,1H3,(H,31,35). The summed E-state index contributed by atoms with van der Waals surface area (Å²) in [6.07, 6.45) is 2.56. The summed E-state index contributed by atoms with van der Waals surface area (Å²) in [5.74, 6) is -0.0474. The van der Waals surface area contributed by atoms with Gasteiger partial charge in [0, 0.05) is 18.7 Å². The highest BCUT2D eigenvalue weighted by atomic mass is 32.2. The molecule has 0 aromatic heterocycles. The third kappa shape index (κ3) is 7.67. The number of benzene rings is 3. The van der Waals surface area contributed by atoms with E-state index in [0.29, 0.717) is 29.7 Å². The number of aliphatic imine (C=N–C) groups is 1. The summed E-state index contributed by atoms with van der Waals surface area (Å²) in [4.78, 5) is 32.5. The van der Waals surface area contributed by atoms with Crippen molar-refractivity contribution in [1.82, 2.24) is 4.90 Å². The van der Waals surface area contributed by atoms with E-state index in [1.165, 1.54) is 29.5 Å². The number of hydrogen-bond acceptors (Lipinski definition) is 5. The van der Waals surface area contributed by atoms with Crippen LogP contribution in [-0.4, -0.2) is 40.3 Å². The lowest BCUT2D eigenvalue weighted by Crippen LogP contribution is -2.45. The Kier molecular flexibility index (Phi) is 9.32. The Hall–Kier alpha value is -3.65. The summed E-state index contributed by atoms with van der Waals surface area (Å²) < 4.78 is 19.0. The zero-order chi connectivity index (χ0) is 26.0. The molecule has 1 aliphatic heterocycles. The molecule has 0 bridgehead atoms. The van der Waals surface area contributed by atoms with E-state index in [1.54, 1.807) is 41.3 Å². The minimum Gasteiger partial charge on any atom is -0.494 e. The van der Waals surface area contributed by atoms with Crippen LogP contribution in [0.1, 0.15) is 31.7 Å². The van der Waals surface area contributed by atoms with Gasteiger partial charge in [-0.25, -0.2) is 9.38 Å². The van der Waals surface area contributed by atoms with Crippen LogP contribution in [0.3, 0.4) is 0 Å². The van der Waals surface area contributed by atoms with Crippen LogP contribution in [0.2, 0.25) is 0 Å². The molecule has 1 heterocycles. The first kappa shape index (κ1) is 26.4. The topological polar surface area (TPSA) is 71.0 Å². The van der Waals surface area contributed by atoms with Gasteiger partial charge in [-0.3, -0.25) is 14.5 Å². The summed E-state index contributed by atoms with van der Waals surface area (Å²) in [6, 6.07) is 23.0. The summed E-state index contributed by atoms with van der Waals surface area (Å²) in [5.41, 5.74) is 2.35. The van der Waals surface area contributed by atoms with Crippen LogP contribution in [0.4, 0.5) is 15.8 Å². The maximum Gasteiger partial charge on any atom is 0.238 e. The monoisotopic (exact) mass is 519 g/mol. The summed E-state index contributed by atoms with van der Waals surface area (Å²) in [5, 5.41) is 2.71. The average Bonchev–Trinajstić information content (AvgIpc) is 2.91. The predicted octanol–water partition coefficient (Wildman–Crippen LogP) is 6.21. The Balaban J connectivity index is 1.46. The van der Waals surface area contributed by atoms with Gasteiger partial charge in [-0.15, -0.1) is 0 Å². The van der Waals surface area contributed by atoms with Crippen LogP contribution in [0, 0.1) is 5.82 Å². The van der Waals surface area contributed by atoms with Gasteiger partial charge in [0.05, 0.1) is 12.3 Å². The smallest absolute Gasteiger partial charge is 0.238 e. The van der Waals surface area contributed by atoms with Crippen LogP contribution in [0.25, 0.3) is 0 Å². The van der Waals surface area contributed by atoms with Gasteiger partial charge < -0.3 is 10.1 Å².